The van der Waals surface area contributed by atoms with Gasteiger partial charge in [-0.3, -0.25) is 0 Å². The van der Waals surface area contributed by atoms with Gasteiger partial charge in [0.1, 0.15) is 0 Å². The number of hydrogen-bond acceptors (Lipinski definition) is 3. The van der Waals surface area contributed by atoms with E-state index in [-0.39, 0.29) is 0 Å². The maximum atomic E-state index is 8.56. The summed E-state index contributed by atoms with van der Waals surface area (Å²) in [6.45, 7) is 2.29. The van der Waals surface area contributed by atoms with Crippen LogP contribution < -0.4 is 0 Å². The Morgan fingerprint density at radius 2 is 2.33 bits per heavy atom. The van der Waals surface area contributed by atoms with Crippen molar-refractivity contribution in [3.63, 3.8) is 0 Å². The molecule has 0 aromatic carbocycles. The molecule has 1 saturated heterocycles. The summed E-state index contributed by atoms with van der Waals surface area (Å²) < 4.78 is 2.24. The van der Waals surface area contributed by atoms with E-state index in [4.69, 9.17) is 5.11 Å². The zero-order valence-electron chi connectivity index (χ0n) is 5.55. The SMILES string of the molecule is OCCN1CCCCS1. The van der Waals surface area contributed by atoms with Crippen LogP contribution in [-0.4, -0.2) is 34.9 Å². The maximum absolute atomic E-state index is 8.56. The molecular weight excluding hydrogens is 134 g/mol. The van der Waals surface area contributed by atoms with Gasteiger partial charge in [-0.2, -0.15) is 0 Å². The van der Waals surface area contributed by atoms with Crippen LogP contribution in [0.5, 0.6) is 0 Å². The van der Waals surface area contributed by atoms with E-state index in [1.165, 1.54) is 18.6 Å². The van der Waals surface area contributed by atoms with Crippen LogP contribution in [0.1, 0.15) is 12.8 Å². The number of aliphatic hydroxyl groups is 1. The molecule has 9 heavy (non-hydrogen) atoms. The van der Waals surface area contributed by atoms with Crippen molar-refractivity contribution in [2.75, 3.05) is 25.4 Å². The van der Waals surface area contributed by atoms with Crippen LogP contribution >= 0.6 is 11.9 Å². The first-order valence-electron chi connectivity index (χ1n) is 3.42. The van der Waals surface area contributed by atoms with Crippen molar-refractivity contribution in [1.82, 2.24) is 4.31 Å². The molecule has 1 aliphatic rings. The highest BCUT2D eigenvalue weighted by Gasteiger charge is 2.08. The van der Waals surface area contributed by atoms with E-state index in [1.807, 2.05) is 11.9 Å². The van der Waals surface area contributed by atoms with Gasteiger partial charge in [0.15, 0.2) is 0 Å². The first-order valence-corrected chi connectivity index (χ1v) is 4.36. The minimum absolute atomic E-state index is 0.299. The van der Waals surface area contributed by atoms with Gasteiger partial charge < -0.3 is 5.11 Å². The standard InChI is InChI=1S/C6H13NOS/c8-5-4-7-3-1-2-6-9-7/h8H,1-6H2. The summed E-state index contributed by atoms with van der Waals surface area (Å²) in [7, 11) is 0. The normalized spacial score (nSPS) is 22.3. The van der Waals surface area contributed by atoms with Gasteiger partial charge in [-0.15, -0.1) is 0 Å². The van der Waals surface area contributed by atoms with Crippen molar-refractivity contribution in [3.8, 4) is 0 Å². The minimum atomic E-state index is 0.299. The molecule has 0 atom stereocenters. The molecule has 0 radical (unpaired) electrons. The van der Waals surface area contributed by atoms with Crippen molar-refractivity contribution < 1.29 is 5.11 Å². The number of β-amino-alcohol motifs (C(OH)–C–C–N with tert-alkyl or cyclic N) is 1. The topological polar surface area (TPSA) is 23.5 Å². The summed E-state index contributed by atoms with van der Waals surface area (Å²) in [5.41, 5.74) is 0. The average molecular weight is 147 g/mol. The fourth-order valence-corrected chi connectivity index (χ4v) is 2.00. The Morgan fingerprint density at radius 1 is 1.44 bits per heavy atom. The van der Waals surface area contributed by atoms with Crippen molar-refractivity contribution in [2.24, 2.45) is 0 Å². The summed E-state index contributed by atoms with van der Waals surface area (Å²) in [6.07, 6.45) is 2.64. The van der Waals surface area contributed by atoms with E-state index in [2.05, 4.69) is 4.31 Å². The van der Waals surface area contributed by atoms with Gasteiger partial charge in [0.05, 0.1) is 6.61 Å². The van der Waals surface area contributed by atoms with Crippen LogP contribution in [0.4, 0.5) is 0 Å². The molecule has 0 aromatic heterocycles. The highest BCUT2D eigenvalue weighted by molar-refractivity contribution is 7.97. The quantitative estimate of drug-likeness (QED) is 0.582. The summed E-state index contributed by atoms with van der Waals surface area (Å²) in [5.74, 6) is 1.24. The molecule has 0 spiro atoms. The van der Waals surface area contributed by atoms with E-state index in [0.717, 1.165) is 13.1 Å². The van der Waals surface area contributed by atoms with Crippen LogP contribution in [0.15, 0.2) is 0 Å². The Morgan fingerprint density at radius 3 is 2.89 bits per heavy atom. The average Bonchev–Trinajstić information content (AvgIpc) is 1.91. The van der Waals surface area contributed by atoms with Gasteiger partial charge in [0.2, 0.25) is 0 Å². The van der Waals surface area contributed by atoms with Gasteiger partial charge in [-0.1, -0.05) is 11.9 Å². The zero-order chi connectivity index (χ0) is 6.53. The maximum Gasteiger partial charge on any atom is 0.0567 e. The number of rotatable bonds is 2. The van der Waals surface area contributed by atoms with Gasteiger partial charge in [-0.05, 0) is 12.8 Å². The third kappa shape index (κ3) is 2.56. The van der Waals surface area contributed by atoms with Crippen molar-refractivity contribution in [3.05, 3.63) is 0 Å². The smallest absolute Gasteiger partial charge is 0.0567 e. The Labute approximate surface area is 60.4 Å². The molecule has 0 saturated carbocycles. The predicted octanol–water partition coefficient (Wildman–Crippen LogP) is 0.723. The second-order valence-corrected chi connectivity index (χ2v) is 3.38. The second kappa shape index (κ2) is 4.14. The lowest BCUT2D eigenvalue weighted by Gasteiger charge is -2.23. The molecule has 1 N–H and O–H groups in total. The van der Waals surface area contributed by atoms with Gasteiger partial charge in [-0.25, -0.2) is 4.31 Å². The molecule has 1 fully saturated rings. The Kier molecular flexibility index (Phi) is 3.40. The molecule has 0 amide bonds. The lowest BCUT2D eigenvalue weighted by atomic mass is 10.3. The van der Waals surface area contributed by atoms with E-state index in [0.29, 0.717) is 6.61 Å². The van der Waals surface area contributed by atoms with Crippen LogP contribution in [0.3, 0.4) is 0 Å². The van der Waals surface area contributed by atoms with Gasteiger partial charge in [0.25, 0.3) is 0 Å². The van der Waals surface area contributed by atoms with Crippen LogP contribution in [-0.2, 0) is 0 Å². The number of nitrogens with zero attached hydrogens (tertiary/aromatic N) is 1. The third-order valence-corrected chi connectivity index (χ3v) is 2.63. The molecule has 1 rings (SSSR count). The Bertz CT molecular complexity index is 70.7. The van der Waals surface area contributed by atoms with E-state index in [1.54, 1.807) is 0 Å². The number of hydrogen-bond donors (Lipinski definition) is 1. The predicted molar refractivity (Wildman–Crippen MR) is 40.4 cm³/mol. The highest BCUT2D eigenvalue weighted by atomic mass is 32.2. The van der Waals surface area contributed by atoms with E-state index >= 15 is 0 Å². The van der Waals surface area contributed by atoms with E-state index < -0.39 is 0 Å². The molecule has 2 nitrogen and oxygen atoms in total. The van der Waals surface area contributed by atoms with Crippen molar-refractivity contribution in [1.29, 1.82) is 0 Å². The summed E-state index contributed by atoms with van der Waals surface area (Å²) >= 11 is 1.86. The fourth-order valence-electron chi connectivity index (χ4n) is 0.936. The second-order valence-electron chi connectivity index (χ2n) is 2.19. The molecule has 0 aliphatic carbocycles. The van der Waals surface area contributed by atoms with Gasteiger partial charge >= 0.3 is 0 Å². The zero-order valence-corrected chi connectivity index (χ0v) is 6.36. The highest BCUT2D eigenvalue weighted by Crippen LogP contribution is 2.17. The lowest BCUT2D eigenvalue weighted by Crippen LogP contribution is -2.24. The first kappa shape index (κ1) is 7.38. The molecule has 0 aromatic rings. The molecule has 54 valence electrons. The summed E-state index contributed by atoms with van der Waals surface area (Å²) in [6, 6.07) is 0. The van der Waals surface area contributed by atoms with Crippen molar-refractivity contribution >= 4 is 11.9 Å². The largest absolute Gasteiger partial charge is 0.395 e. The van der Waals surface area contributed by atoms with Crippen LogP contribution in [0.25, 0.3) is 0 Å². The fraction of sp³-hybridized carbons (Fsp3) is 1.00. The van der Waals surface area contributed by atoms with Gasteiger partial charge in [0, 0.05) is 18.8 Å². The Balaban J connectivity index is 2.08. The summed E-state index contributed by atoms with van der Waals surface area (Å²) in [5, 5.41) is 8.56. The first-order chi connectivity index (χ1) is 4.43. The third-order valence-electron chi connectivity index (χ3n) is 1.43. The summed E-state index contributed by atoms with van der Waals surface area (Å²) in [4.78, 5) is 0. The number of aliphatic hydroxyl groups excluding tert-OH is 1. The molecule has 1 aliphatic heterocycles. The van der Waals surface area contributed by atoms with E-state index in [9.17, 15) is 0 Å². The lowest BCUT2D eigenvalue weighted by molar-refractivity contribution is 0.258. The molecule has 0 bridgehead atoms. The molecular formula is C6H13NOS. The van der Waals surface area contributed by atoms with Crippen LogP contribution in [0.2, 0.25) is 0 Å². The monoisotopic (exact) mass is 147 g/mol. The minimum Gasteiger partial charge on any atom is -0.395 e. The Hall–Kier alpha value is 0.270. The molecule has 1 heterocycles. The van der Waals surface area contributed by atoms with Crippen molar-refractivity contribution in [2.45, 2.75) is 12.8 Å². The molecule has 0 unspecified atom stereocenters. The molecule has 3 heteroatoms. The van der Waals surface area contributed by atoms with Crippen LogP contribution in [0, 0.1) is 0 Å².